The monoisotopic (exact) mass is 144 g/mol. The maximum atomic E-state index is 5.65. The number of hydrogen-bond donors (Lipinski definition) is 2. The van der Waals surface area contributed by atoms with Gasteiger partial charge in [0.2, 0.25) is 0 Å². The Morgan fingerprint density at radius 1 is 1.30 bits per heavy atom. The third kappa shape index (κ3) is 4.77. The summed E-state index contributed by atoms with van der Waals surface area (Å²) in [5, 5.41) is 0. The molecule has 62 valence electrons. The van der Waals surface area contributed by atoms with Gasteiger partial charge < -0.3 is 11.5 Å². The van der Waals surface area contributed by atoms with Gasteiger partial charge in [-0.15, -0.1) is 0 Å². The second kappa shape index (κ2) is 5.69. The first-order valence-electron chi connectivity index (χ1n) is 4.16. The van der Waals surface area contributed by atoms with E-state index in [1.807, 2.05) is 0 Å². The van der Waals surface area contributed by atoms with E-state index in [2.05, 4.69) is 13.8 Å². The molecule has 2 nitrogen and oxygen atoms in total. The largest absolute Gasteiger partial charge is 0.329 e. The van der Waals surface area contributed by atoms with Crippen molar-refractivity contribution in [3.63, 3.8) is 0 Å². The van der Waals surface area contributed by atoms with Gasteiger partial charge in [-0.2, -0.15) is 0 Å². The quantitative estimate of drug-likeness (QED) is 0.607. The first kappa shape index (κ1) is 9.92. The SMILES string of the molecule is CCC(C)CCC(N)CN. The van der Waals surface area contributed by atoms with Crippen LogP contribution in [0.2, 0.25) is 0 Å². The smallest absolute Gasteiger partial charge is 0.0163 e. The van der Waals surface area contributed by atoms with Crippen LogP contribution in [0.25, 0.3) is 0 Å². The summed E-state index contributed by atoms with van der Waals surface area (Å²) < 4.78 is 0. The van der Waals surface area contributed by atoms with Crippen LogP contribution in [0.5, 0.6) is 0 Å². The molecule has 2 unspecified atom stereocenters. The molecule has 0 aromatic rings. The summed E-state index contributed by atoms with van der Waals surface area (Å²) in [7, 11) is 0. The highest BCUT2D eigenvalue weighted by Gasteiger charge is 2.02. The molecule has 0 fully saturated rings. The Balaban J connectivity index is 3.17. The molecule has 0 aromatic carbocycles. The fourth-order valence-electron chi connectivity index (χ4n) is 0.821. The zero-order valence-corrected chi connectivity index (χ0v) is 7.14. The minimum atomic E-state index is 0.217. The van der Waals surface area contributed by atoms with E-state index < -0.39 is 0 Å². The van der Waals surface area contributed by atoms with Crippen molar-refractivity contribution < 1.29 is 0 Å². The summed E-state index contributed by atoms with van der Waals surface area (Å²) in [6.45, 7) is 5.08. The minimum absolute atomic E-state index is 0.217. The molecule has 0 spiro atoms. The molecule has 10 heavy (non-hydrogen) atoms. The van der Waals surface area contributed by atoms with Crippen LogP contribution in [-0.2, 0) is 0 Å². The molecule has 0 aliphatic rings. The maximum Gasteiger partial charge on any atom is 0.0163 e. The summed E-state index contributed by atoms with van der Waals surface area (Å²) in [6, 6.07) is 0.217. The Hall–Kier alpha value is -0.0800. The maximum absolute atomic E-state index is 5.65. The summed E-state index contributed by atoms with van der Waals surface area (Å²) in [5.74, 6) is 0.803. The fourth-order valence-corrected chi connectivity index (χ4v) is 0.821. The normalized spacial score (nSPS) is 16.8. The van der Waals surface area contributed by atoms with Crippen LogP contribution in [0.1, 0.15) is 33.1 Å². The van der Waals surface area contributed by atoms with Crippen LogP contribution in [0.3, 0.4) is 0 Å². The van der Waals surface area contributed by atoms with Gasteiger partial charge >= 0.3 is 0 Å². The van der Waals surface area contributed by atoms with Crippen LogP contribution < -0.4 is 11.5 Å². The predicted octanol–water partition coefficient (Wildman–Crippen LogP) is 1.10. The van der Waals surface area contributed by atoms with Gasteiger partial charge in [0, 0.05) is 12.6 Å². The van der Waals surface area contributed by atoms with E-state index in [1.54, 1.807) is 0 Å². The number of rotatable bonds is 5. The predicted molar refractivity (Wildman–Crippen MR) is 45.7 cm³/mol. The Morgan fingerprint density at radius 2 is 1.90 bits per heavy atom. The van der Waals surface area contributed by atoms with Crippen molar-refractivity contribution in [2.24, 2.45) is 17.4 Å². The van der Waals surface area contributed by atoms with Crippen molar-refractivity contribution in [1.29, 1.82) is 0 Å². The number of hydrogen-bond acceptors (Lipinski definition) is 2. The van der Waals surface area contributed by atoms with Gasteiger partial charge in [-0.05, 0) is 18.8 Å². The van der Waals surface area contributed by atoms with E-state index in [9.17, 15) is 0 Å². The Bertz CT molecular complexity index is 63.7. The third-order valence-corrected chi connectivity index (χ3v) is 2.03. The fraction of sp³-hybridized carbons (Fsp3) is 1.00. The summed E-state index contributed by atoms with van der Waals surface area (Å²) in [4.78, 5) is 0. The molecule has 0 amide bonds. The van der Waals surface area contributed by atoms with Crippen LogP contribution in [0.15, 0.2) is 0 Å². The van der Waals surface area contributed by atoms with Crippen LogP contribution in [0.4, 0.5) is 0 Å². The van der Waals surface area contributed by atoms with E-state index in [4.69, 9.17) is 11.5 Å². The lowest BCUT2D eigenvalue weighted by Crippen LogP contribution is -2.29. The molecule has 2 atom stereocenters. The van der Waals surface area contributed by atoms with Crippen molar-refractivity contribution in [3.05, 3.63) is 0 Å². The lowest BCUT2D eigenvalue weighted by molar-refractivity contribution is 0.460. The lowest BCUT2D eigenvalue weighted by atomic mass is 10.00. The first-order chi connectivity index (χ1) is 4.70. The van der Waals surface area contributed by atoms with E-state index in [-0.39, 0.29) is 6.04 Å². The lowest BCUT2D eigenvalue weighted by Gasteiger charge is -2.11. The molecular weight excluding hydrogens is 124 g/mol. The van der Waals surface area contributed by atoms with Crippen molar-refractivity contribution in [1.82, 2.24) is 0 Å². The van der Waals surface area contributed by atoms with E-state index >= 15 is 0 Å². The molecule has 0 aliphatic heterocycles. The molecule has 0 radical (unpaired) electrons. The van der Waals surface area contributed by atoms with Crippen LogP contribution in [-0.4, -0.2) is 12.6 Å². The van der Waals surface area contributed by atoms with E-state index in [0.717, 1.165) is 12.3 Å². The molecular formula is C8H20N2. The summed E-state index contributed by atoms with van der Waals surface area (Å²) in [5.41, 5.74) is 11.0. The first-order valence-corrected chi connectivity index (χ1v) is 4.16. The number of nitrogens with two attached hydrogens (primary N) is 2. The standard InChI is InChI=1S/C8H20N2/c1-3-7(2)4-5-8(10)6-9/h7-8H,3-6,9-10H2,1-2H3. The molecule has 0 saturated heterocycles. The van der Waals surface area contributed by atoms with Gasteiger partial charge in [0.05, 0.1) is 0 Å². The Kier molecular flexibility index (Phi) is 5.64. The molecule has 0 saturated carbocycles. The molecule has 0 heterocycles. The second-order valence-corrected chi connectivity index (χ2v) is 3.09. The van der Waals surface area contributed by atoms with Gasteiger partial charge in [0.1, 0.15) is 0 Å². The second-order valence-electron chi connectivity index (χ2n) is 3.09. The molecule has 0 bridgehead atoms. The highest BCUT2D eigenvalue weighted by Crippen LogP contribution is 2.09. The molecule has 0 rings (SSSR count). The third-order valence-electron chi connectivity index (χ3n) is 2.03. The van der Waals surface area contributed by atoms with Crippen molar-refractivity contribution >= 4 is 0 Å². The molecule has 0 aliphatic carbocycles. The van der Waals surface area contributed by atoms with Crippen LogP contribution in [0, 0.1) is 5.92 Å². The highest BCUT2D eigenvalue weighted by atomic mass is 14.7. The van der Waals surface area contributed by atoms with Gasteiger partial charge in [-0.1, -0.05) is 20.3 Å². The molecule has 0 aromatic heterocycles. The van der Waals surface area contributed by atoms with Gasteiger partial charge in [0.25, 0.3) is 0 Å². The van der Waals surface area contributed by atoms with Gasteiger partial charge in [-0.25, -0.2) is 0 Å². The Labute approximate surface area is 64.0 Å². The molecule has 4 N–H and O–H groups in total. The van der Waals surface area contributed by atoms with Crippen LogP contribution >= 0.6 is 0 Å². The topological polar surface area (TPSA) is 52.0 Å². The summed E-state index contributed by atoms with van der Waals surface area (Å²) in [6.07, 6.45) is 3.54. The van der Waals surface area contributed by atoms with E-state index in [1.165, 1.54) is 12.8 Å². The molecule has 2 heteroatoms. The zero-order valence-electron chi connectivity index (χ0n) is 7.14. The highest BCUT2D eigenvalue weighted by molar-refractivity contribution is 4.63. The van der Waals surface area contributed by atoms with Crippen molar-refractivity contribution in [3.8, 4) is 0 Å². The van der Waals surface area contributed by atoms with Crippen molar-refractivity contribution in [2.45, 2.75) is 39.2 Å². The average Bonchev–Trinajstić information content (AvgIpc) is 1.99. The van der Waals surface area contributed by atoms with E-state index in [0.29, 0.717) is 6.54 Å². The van der Waals surface area contributed by atoms with Crippen molar-refractivity contribution in [2.75, 3.05) is 6.54 Å². The minimum Gasteiger partial charge on any atom is -0.329 e. The van der Waals surface area contributed by atoms with Gasteiger partial charge in [-0.3, -0.25) is 0 Å². The summed E-state index contributed by atoms with van der Waals surface area (Å²) >= 11 is 0. The zero-order chi connectivity index (χ0) is 7.98. The van der Waals surface area contributed by atoms with Gasteiger partial charge in [0.15, 0.2) is 0 Å². The average molecular weight is 144 g/mol. The Morgan fingerprint density at radius 3 is 2.30 bits per heavy atom.